The first-order valence-electron chi connectivity index (χ1n) is 6.29. The van der Waals surface area contributed by atoms with Crippen molar-refractivity contribution >= 4 is 5.91 Å². The molecular weight excluding hydrogens is 244 g/mol. The summed E-state index contributed by atoms with van der Waals surface area (Å²) in [7, 11) is 3.25. The zero-order valence-electron chi connectivity index (χ0n) is 11.7. The quantitative estimate of drug-likeness (QED) is 0.818. The lowest BCUT2D eigenvalue weighted by Crippen LogP contribution is -2.28. The van der Waals surface area contributed by atoms with Gasteiger partial charge in [0.25, 0.3) is 0 Å². The molecule has 0 aliphatic heterocycles. The number of ether oxygens (including phenoxy) is 1. The Morgan fingerprint density at radius 2 is 2.21 bits per heavy atom. The van der Waals surface area contributed by atoms with Crippen LogP contribution in [0.2, 0.25) is 0 Å². The Morgan fingerprint density at radius 3 is 2.79 bits per heavy atom. The first-order valence-corrected chi connectivity index (χ1v) is 6.29. The van der Waals surface area contributed by atoms with Gasteiger partial charge < -0.3 is 20.5 Å². The van der Waals surface area contributed by atoms with E-state index in [9.17, 15) is 9.90 Å². The number of carbonyl (C=O) groups excluding carboxylic acids is 1. The number of aromatic hydroxyl groups is 1. The lowest BCUT2D eigenvalue weighted by molar-refractivity contribution is -0.130. The van der Waals surface area contributed by atoms with E-state index in [1.54, 1.807) is 30.1 Å². The van der Waals surface area contributed by atoms with Crippen LogP contribution in [-0.2, 0) is 11.3 Å². The number of phenols is 1. The molecule has 1 amide bonds. The second-order valence-electron chi connectivity index (χ2n) is 4.77. The standard InChI is InChI=1S/C14H22N2O3/c1-10(15)4-7-14(18)16(2)9-11-5-6-12(17)13(8-11)19-3/h5-6,8,10,17H,4,7,9,15H2,1-3H3. The fraction of sp³-hybridized carbons (Fsp3) is 0.500. The van der Waals surface area contributed by atoms with Gasteiger partial charge in [-0.2, -0.15) is 0 Å². The van der Waals surface area contributed by atoms with Gasteiger partial charge >= 0.3 is 0 Å². The van der Waals surface area contributed by atoms with Gasteiger partial charge in [0.1, 0.15) is 0 Å². The summed E-state index contributed by atoms with van der Waals surface area (Å²) in [5.74, 6) is 0.565. The summed E-state index contributed by atoms with van der Waals surface area (Å²) in [5, 5.41) is 9.50. The molecule has 0 bridgehead atoms. The average Bonchev–Trinajstić information content (AvgIpc) is 2.37. The Labute approximate surface area is 114 Å². The van der Waals surface area contributed by atoms with E-state index in [1.165, 1.54) is 7.11 Å². The van der Waals surface area contributed by atoms with Crippen molar-refractivity contribution in [3.8, 4) is 11.5 Å². The normalized spacial score (nSPS) is 12.0. The molecule has 1 aromatic rings. The number of carbonyl (C=O) groups is 1. The maximum atomic E-state index is 11.9. The lowest BCUT2D eigenvalue weighted by atomic mass is 10.1. The van der Waals surface area contributed by atoms with Crippen LogP contribution in [0.3, 0.4) is 0 Å². The van der Waals surface area contributed by atoms with Crippen molar-refractivity contribution in [1.82, 2.24) is 4.90 Å². The van der Waals surface area contributed by atoms with Gasteiger partial charge in [0.2, 0.25) is 5.91 Å². The largest absolute Gasteiger partial charge is 0.504 e. The molecule has 5 nitrogen and oxygen atoms in total. The molecule has 3 N–H and O–H groups in total. The molecule has 0 aromatic heterocycles. The van der Waals surface area contributed by atoms with Gasteiger partial charge in [-0.25, -0.2) is 0 Å². The van der Waals surface area contributed by atoms with Gasteiger partial charge in [-0.3, -0.25) is 4.79 Å². The molecule has 0 aliphatic carbocycles. The second kappa shape index (κ2) is 6.99. The molecule has 0 spiro atoms. The Kier molecular flexibility index (Phi) is 5.63. The van der Waals surface area contributed by atoms with Gasteiger partial charge in [0.05, 0.1) is 7.11 Å². The highest BCUT2D eigenvalue weighted by atomic mass is 16.5. The van der Waals surface area contributed by atoms with Gasteiger partial charge in [-0.05, 0) is 31.0 Å². The van der Waals surface area contributed by atoms with E-state index in [4.69, 9.17) is 10.5 Å². The van der Waals surface area contributed by atoms with Crippen molar-refractivity contribution in [1.29, 1.82) is 0 Å². The molecule has 0 radical (unpaired) electrons. The smallest absolute Gasteiger partial charge is 0.222 e. The summed E-state index contributed by atoms with van der Waals surface area (Å²) in [6.45, 7) is 2.37. The van der Waals surface area contributed by atoms with Crippen LogP contribution >= 0.6 is 0 Å². The summed E-state index contributed by atoms with van der Waals surface area (Å²) in [6.07, 6.45) is 1.13. The topological polar surface area (TPSA) is 75.8 Å². The number of amides is 1. The molecule has 0 saturated heterocycles. The van der Waals surface area contributed by atoms with Crippen LogP contribution in [0.1, 0.15) is 25.3 Å². The fourth-order valence-electron chi connectivity index (χ4n) is 1.72. The molecule has 1 atom stereocenters. The Balaban J connectivity index is 2.61. The van der Waals surface area contributed by atoms with Crippen LogP contribution in [0.5, 0.6) is 11.5 Å². The summed E-state index contributed by atoms with van der Waals surface area (Å²) >= 11 is 0. The molecule has 1 unspecified atom stereocenters. The second-order valence-corrected chi connectivity index (χ2v) is 4.77. The Morgan fingerprint density at radius 1 is 1.53 bits per heavy atom. The third-order valence-corrected chi connectivity index (χ3v) is 2.90. The molecule has 0 saturated carbocycles. The van der Waals surface area contributed by atoms with Crippen molar-refractivity contribution in [3.63, 3.8) is 0 Å². The molecule has 19 heavy (non-hydrogen) atoms. The lowest BCUT2D eigenvalue weighted by Gasteiger charge is -2.18. The highest BCUT2D eigenvalue weighted by Crippen LogP contribution is 2.26. The fourth-order valence-corrected chi connectivity index (χ4v) is 1.72. The minimum Gasteiger partial charge on any atom is -0.504 e. The maximum Gasteiger partial charge on any atom is 0.222 e. The number of rotatable bonds is 6. The maximum absolute atomic E-state index is 11.9. The minimum atomic E-state index is 0.0334. The molecule has 1 aromatic carbocycles. The van der Waals surface area contributed by atoms with Gasteiger partial charge in [0.15, 0.2) is 11.5 Å². The number of hydrogen-bond acceptors (Lipinski definition) is 4. The molecule has 5 heteroatoms. The minimum absolute atomic E-state index is 0.0334. The van der Waals surface area contributed by atoms with Crippen LogP contribution in [0, 0.1) is 0 Å². The third kappa shape index (κ3) is 4.79. The van der Waals surface area contributed by atoms with E-state index in [-0.39, 0.29) is 17.7 Å². The van der Waals surface area contributed by atoms with Crippen LogP contribution in [0.25, 0.3) is 0 Å². The molecule has 1 rings (SSSR count). The number of methoxy groups -OCH3 is 1. The predicted molar refractivity (Wildman–Crippen MR) is 74.0 cm³/mol. The first-order chi connectivity index (χ1) is 8.93. The van der Waals surface area contributed by atoms with Crippen molar-refractivity contribution in [3.05, 3.63) is 23.8 Å². The van der Waals surface area contributed by atoms with E-state index in [1.807, 2.05) is 6.92 Å². The monoisotopic (exact) mass is 266 g/mol. The summed E-state index contributed by atoms with van der Waals surface area (Å²) in [5.41, 5.74) is 6.54. The molecule has 106 valence electrons. The van der Waals surface area contributed by atoms with Crippen molar-refractivity contribution in [2.45, 2.75) is 32.4 Å². The Bertz CT molecular complexity index is 433. The highest BCUT2D eigenvalue weighted by Gasteiger charge is 2.11. The number of phenolic OH excluding ortho intramolecular Hbond substituents is 1. The highest BCUT2D eigenvalue weighted by molar-refractivity contribution is 5.75. The van der Waals surface area contributed by atoms with E-state index in [2.05, 4.69) is 0 Å². The molecule has 0 fully saturated rings. The Hall–Kier alpha value is -1.75. The number of hydrogen-bond donors (Lipinski definition) is 2. The summed E-state index contributed by atoms with van der Waals surface area (Å²) < 4.78 is 5.04. The van der Waals surface area contributed by atoms with Gasteiger partial charge in [-0.15, -0.1) is 0 Å². The van der Waals surface area contributed by atoms with E-state index >= 15 is 0 Å². The molecule has 0 heterocycles. The summed E-state index contributed by atoms with van der Waals surface area (Å²) in [4.78, 5) is 13.5. The van der Waals surface area contributed by atoms with E-state index < -0.39 is 0 Å². The molecule has 0 aliphatic rings. The van der Waals surface area contributed by atoms with Gasteiger partial charge in [-0.1, -0.05) is 6.07 Å². The van der Waals surface area contributed by atoms with Gasteiger partial charge in [0, 0.05) is 26.1 Å². The molecular formula is C14H22N2O3. The van der Waals surface area contributed by atoms with Crippen molar-refractivity contribution in [2.24, 2.45) is 5.73 Å². The average molecular weight is 266 g/mol. The summed E-state index contributed by atoms with van der Waals surface area (Å²) in [6, 6.07) is 5.10. The predicted octanol–water partition coefficient (Wildman–Crippen LogP) is 1.49. The third-order valence-electron chi connectivity index (χ3n) is 2.90. The SMILES string of the molecule is COc1cc(CN(C)C(=O)CCC(C)N)ccc1O. The number of benzene rings is 1. The number of nitrogens with zero attached hydrogens (tertiary/aromatic N) is 1. The zero-order valence-corrected chi connectivity index (χ0v) is 11.7. The van der Waals surface area contributed by atoms with Crippen LogP contribution in [0.15, 0.2) is 18.2 Å². The first kappa shape index (κ1) is 15.3. The van der Waals surface area contributed by atoms with Crippen molar-refractivity contribution in [2.75, 3.05) is 14.2 Å². The van der Waals surface area contributed by atoms with Crippen LogP contribution < -0.4 is 10.5 Å². The number of nitrogens with two attached hydrogens (primary N) is 1. The van der Waals surface area contributed by atoms with Crippen LogP contribution in [-0.4, -0.2) is 36.1 Å². The van der Waals surface area contributed by atoms with Crippen LogP contribution in [0.4, 0.5) is 0 Å². The van der Waals surface area contributed by atoms with Crippen molar-refractivity contribution < 1.29 is 14.6 Å². The van der Waals surface area contributed by atoms with E-state index in [0.29, 0.717) is 25.1 Å². The zero-order chi connectivity index (χ0) is 14.4. The van der Waals surface area contributed by atoms with E-state index in [0.717, 1.165) is 5.56 Å².